The molecule has 2 aromatic rings. The number of hydrogen-bond acceptors (Lipinski definition) is 6. The molecule has 0 spiro atoms. The zero-order valence-electron chi connectivity index (χ0n) is 15.0. The van der Waals surface area contributed by atoms with Gasteiger partial charge in [0, 0.05) is 19.6 Å². The zero-order chi connectivity index (χ0) is 18.8. The fraction of sp³-hybridized carbons (Fsp3) is 0.450. The third kappa shape index (κ3) is 3.79. The summed E-state index contributed by atoms with van der Waals surface area (Å²) in [5.41, 5.74) is 2.59. The van der Waals surface area contributed by atoms with Gasteiger partial charge >= 0.3 is 0 Å². The molecule has 7 heteroatoms. The van der Waals surface area contributed by atoms with Gasteiger partial charge in [0.2, 0.25) is 0 Å². The van der Waals surface area contributed by atoms with Crippen molar-refractivity contribution in [2.75, 3.05) is 19.7 Å². The first-order valence-electron chi connectivity index (χ1n) is 9.24. The Morgan fingerprint density at radius 3 is 2.78 bits per heavy atom. The molecule has 0 unspecified atom stereocenters. The summed E-state index contributed by atoms with van der Waals surface area (Å²) in [6.45, 7) is 1.61. The van der Waals surface area contributed by atoms with Crippen LogP contribution in [-0.4, -0.2) is 65.1 Å². The van der Waals surface area contributed by atoms with Crippen LogP contribution in [0.15, 0.2) is 41.8 Å². The molecule has 1 aromatic heterocycles. The zero-order valence-corrected chi connectivity index (χ0v) is 15.8. The van der Waals surface area contributed by atoms with Gasteiger partial charge in [-0.1, -0.05) is 30.3 Å². The van der Waals surface area contributed by atoms with E-state index in [9.17, 15) is 15.0 Å². The van der Waals surface area contributed by atoms with Crippen LogP contribution in [-0.2, 0) is 17.7 Å². The molecule has 1 aromatic carbocycles. The molecule has 4 atom stereocenters. The lowest BCUT2D eigenvalue weighted by molar-refractivity contribution is -0.0209. The minimum absolute atomic E-state index is 0.140. The van der Waals surface area contributed by atoms with E-state index < -0.39 is 12.2 Å². The summed E-state index contributed by atoms with van der Waals surface area (Å²) in [4.78, 5) is 15.1. The molecule has 1 fully saturated rings. The van der Waals surface area contributed by atoms with E-state index in [1.54, 1.807) is 6.07 Å². The maximum absolute atomic E-state index is 12.3. The summed E-state index contributed by atoms with van der Waals surface area (Å²) in [5, 5.41) is 25.1. The third-order valence-electron chi connectivity index (χ3n) is 5.43. The lowest BCUT2D eigenvalue weighted by Gasteiger charge is -2.37. The Morgan fingerprint density at radius 1 is 1.22 bits per heavy atom. The van der Waals surface area contributed by atoms with Crippen molar-refractivity contribution in [2.24, 2.45) is 0 Å². The standard InChI is InChI=1S/C20H24N2O4S/c23-12-16-19(24)18(22-8-7-13-4-1-2-5-14(13)11-22)15(26-16)10-21-20(25)17-6-3-9-27-17/h1-6,9,15-16,18-19,23-24H,7-8,10-12H2,(H,21,25)/t15-,16+,18-,19-/m1/s1. The molecule has 6 nitrogen and oxygen atoms in total. The molecule has 3 N–H and O–H groups in total. The summed E-state index contributed by atoms with van der Waals surface area (Å²) in [6.07, 6.45) is -0.872. The number of fused-ring (bicyclic) bond motifs is 1. The van der Waals surface area contributed by atoms with Crippen molar-refractivity contribution in [3.05, 3.63) is 57.8 Å². The van der Waals surface area contributed by atoms with Gasteiger partial charge in [0.1, 0.15) is 12.2 Å². The average molecular weight is 388 g/mol. The fourth-order valence-corrected chi connectivity index (χ4v) is 4.70. The predicted molar refractivity (Wildman–Crippen MR) is 103 cm³/mol. The number of carbonyl (C=O) groups excluding carboxylic acids is 1. The highest BCUT2D eigenvalue weighted by Gasteiger charge is 2.46. The SMILES string of the molecule is O=C(NC[C@H]1O[C@@H](CO)[C@@H](O)[C@@H]1N1CCc2ccccc2C1)c1cccs1. The van der Waals surface area contributed by atoms with E-state index in [4.69, 9.17) is 4.74 Å². The maximum Gasteiger partial charge on any atom is 0.261 e. The Labute approximate surface area is 162 Å². The Hall–Kier alpha value is -1.77. The third-order valence-corrected chi connectivity index (χ3v) is 6.30. The minimum atomic E-state index is -0.788. The Bertz CT molecular complexity index is 782. The van der Waals surface area contributed by atoms with Crippen molar-refractivity contribution in [3.63, 3.8) is 0 Å². The van der Waals surface area contributed by atoms with Crippen molar-refractivity contribution < 1.29 is 19.7 Å². The number of nitrogens with zero attached hydrogens (tertiary/aromatic N) is 1. The van der Waals surface area contributed by atoms with Crippen LogP contribution in [0.25, 0.3) is 0 Å². The van der Waals surface area contributed by atoms with Crippen molar-refractivity contribution in [2.45, 2.75) is 37.3 Å². The van der Waals surface area contributed by atoms with E-state index in [0.29, 0.717) is 11.4 Å². The summed E-state index contributed by atoms with van der Waals surface area (Å²) < 4.78 is 5.89. The van der Waals surface area contributed by atoms with Crippen LogP contribution in [0.4, 0.5) is 0 Å². The van der Waals surface area contributed by atoms with E-state index in [0.717, 1.165) is 19.5 Å². The Morgan fingerprint density at radius 2 is 2.04 bits per heavy atom. The lowest BCUT2D eigenvalue weighted by Crippen LogP contribution is -2.52. The molecule has 0 radical (unpaired) electrons. The van der Waals surface area contributed by atoms with Gasteiger partial charge in [-0.15, -0.1) is 11.3 Å². The number of ether oxygens (including phenoxy) is 1. The molecule has 1 amide bonds. The number of thiophene rings is 1. The van der Waals surface area contributed by atoms with E-state index >= 15 is 0 Å². The van der Waals surface area contributed by atoms with Gasteiger partial charge in [0.05, 0.1) is 23.6 Å². The quantitative estimate of drug-likeness (QED) is 0.713. The van der Waals surface area contributed by atoms with E-state index in [1.807, 2.05) is 23.6 Å². The number of aliphatic hydroxyl groups is 2. The first-order valence-corrected chi connectivity index (χ1v) is 10.1. The van der Waals surface area contributed by atoms with Crippen molar-refractivity contribution in [3.8, 4) is 0 Å². The number of carbonyl (C=O) groups is 1. The molecule has 0 bridgehead atoms. The number of benzene rings is 1. The van der Waals surface area contributed by atoms with Crippen molar-refractivity contribution >= 4 is 17.2 Å². The number of hydrogen-bond donors (Lipinski definition) is 3. The molecule has 2 aliphatic rings. The highest BCUT2D eigenvalue weighted by atomic mass is 32.1. The number of rotatable bonds is 5. The molecule has 27 heavy (non-hydrogen) atoms. The Kier molecular flexibility index (Phi) is 5.56. The van der Waals surface area contributed by atoms with Gasteiger partial charge in [0.25, 0.3) is 5.91 Å². The topological polar surface area (TPSA) is 82.0 Å². The molecule has 144 valence electrons. The van der Waals surface area contributed by atoms with E-state index in [2.05, 4.69) is 22.3 Å². The monoisotopic (exact) mass is 388 g/mol. The van der Waals surface area contributed by atoms with Gasteiger partial charge < -0.3 is 20.3 Å². The van der Waals surface area contributed by atoms with Gasteiger partial charge in [0.15, 0.2) is 0 Å². The molecule has 2 aliphatic heterocycles. The van der Waals surface area contributed by atoms with Gasteiger partial charge in [-0.2, -0.15) is 0 Å². The normalized spacial score (nSPS) is 28.1. The summed E-state index contributed by atoms with van der Waals surface area (Å²) >= 11 is 1.39. The molecular formula is C20H24N2O4S. The summed E-state index contributed by atoms with van der Waals surface area (Å²) in [5.74, 6) is -0.140. The second-order valence-corrected chi connectivity index (χ2v) is 8.00. The molecule has 3 heterocycles. The van der Waals surface area contributed by atoms with Crippen LogP contribution in [0.3, 0.4) is 0 Å². The summed E-state index contributed by atoms with van der Waals surface area (Å²) in [6, 6.07) is 11.7. The second kappa shape index (κ2) is 8.08. The van der Waals surface area contributed by atoms with Crippen LogP contribution >= 0.6 is 11.3 Å². The summed E-state index contributed by atoms with van der Waals surface area (Å²) in [7, 11) is 0. The van der Waals surface area contributed by atoms with E-state index in [-0.39, 0.29) is 24.7 Å². The average Bonchev–Trinajstić information content (AvgIpc) is 3.34. The highest BCUT2D eigenvalue weighted by Crippen LogP contribution is 2.30. The Balaban J connectivity index is 1.47. The largest absolute Gasteiger partial charge is 0.394 e. The van der Waals surface area contributed by atoms with Crippen LogP contribution in [0, 0.1) is 0 Å². The highest BCUT2D eigenvalue weighted by molar-refractivity contribution is 7.12. The first kappa shape index (κ1) is 18.6. The van der Waals surface area contributed by atoms with E-state index in [1.165, 1.54) is 22.5 Å². The maximum atomic E-state index is 12.3. The minimum Gasteiger partial charge on any atom is -0.394 e. The first-order chi connectivity index (χ1) is 13.2. The molecule has 0 saturated carbocycles. The molecular weight excluding hydrogens is 364 g/mol. The second-order valence-electron chi connectivity index (χ2n) is 7.05. The molecule has 4 rings (SSSR count). The lowest BCUT2D eigenvalue weighted by atomic mass is 9.95. The smallest absolute Gasteiger partial charge is 0.261 e. The fourth-order valence-electron chi connectivity index (χ4n) is 4.06. The van der Waals surface area contributed by atoms with Crippen LogP contribution < -0.4 is 5.32 Å². The van der Waals surface area contributed by atoms with Crippen LogP contribution in [0.5, 0.6) is 0 Å². The van der Waals surface area contributed by atoms with Crippen LogP contribution in [0.1, 0.15) is 20.8 Å². The number of amides is 1. The van der Waals surface area contributed by atoms with Gasteiger partial charge in [-0.25, -0.2) is 0 Å². The van der Waals surface area contributed by atoms with Gasteiger partial charge in [-0.05, 0) is 29.0 Å². The predicted octanol–water partition coefficient (Wildman–Crippen LogP) is 1.03. The molecule has 1 saturated heterocycles. The van der Waals surface area contributed by atoms with Crippen molar-refractivity contribution in [1.29, 1.82) is 0 Å². The number of aliphatic hydroxyl groups excluding tert-OH is 2. The number of nitrogens with one attached hydrogen (secondary N) is 1. The molecule has 0 aliphatic carbocycles. The van der Waals surface area contributed by atoms with Gasteiger partial charge in [-0.3, -0.25) is 9.69 Å². The van der Waals surface area contributed by atoms with Crippen molar-refractivity contribution in [1.82, 2.24) is 10.2 Å². The van der Waals surface area contributed by atoms with Crippen LogP contribution in [0.2, 0.25) is 0 Å².